The van der Waals surface area contributed by atoms with Gasteiger partial charge in [-0.05, 0) is 25.0 Å². The summed E-state index contributed by atoms with van der Waals surface area (Å²) in [7, 11) is 0. The highest BCUT2D eigenvalue weighted by molar-refractivity contribution is 6.04. The first kappa shape index (κ1) is 20.9. The van der Waals surface area contributed by atoms with Crippen LogP contribution in [0.15, 0.2) is 16.5 Å². The molecule has 1 saturated heterocycles. The van der Waals surface area contributed by atoms with Crippen molar-refractivity contribution in [2.75, 3.05) is 18.5 Å². The number of imidazole rings is 1. The van der Waals surface area contributed by atoms with Crippen molar-refractivity contribution < 1.29 is 23.5 Å². The molecule has 4 rings (SSSR count). The molecule has 31 heavy (non-hydrogen) atoms. The minimum absolute atomic E-state index is 0.112. The van der Waals surface area contributed by atoms with E-state index in [0.29, 0.717) is 60.5 Å². The Morgan fingerprint density at radius 3 is 2.68 bits per heavy atom. The number of carbonyl (C=O) groups is 2. The van der Waals surface area contributed by atoms with Gasteiger partial charge in [0, 0.05) is 19.0 Å². The van der Waals surface area contributed by atoms with Gasteiger partial charge in [-0.25, -0.2) is 9.97 Å². The summed E-state index contributed by atoms with van der Waals surface area (Å²) in [6.45, 7) is 7.14. The van der Waals surface area contributed by atoms with E-state index in [-0.39, 0.29) is 17.4 Å². The molecule has 3 heterocycles. The Hall–Kier alpha value is -3.40. The van der Waals surface area contributed by atoms with E-state index in [4.69, 9.17) is 19.6 Å². The van der Waals surface area contributed by atoms with Crippen LogP contribution in [-0.4, -0.2) is 45.7 Å². The summed E-state index contributed by atoms with van der Waals surface area (Å²) >= 11 is 0. The topological polar surface area (TPSA) is 134 Å². The van der Waals surface area contributed by atoms with Crippen molar-refractivity contribution >= 4 is 28.8 Å². The lowest BCUT2D eigenvalue weighted by Gasteiger charge is -2.27. The van der Waals surface area contributed by atoms with E-state index in [0.717, 1.165) is 6.42 Å². The number of carbonyl (C=O) groups excluding carboxylic acids is 2. The number of nitrogens with two attached hydrogens (primary N) is 1. The Balaban J connectivity index is 1.79. The number of anilines is 1. The first-order chi connectivity index (χ1) is 14.9. The summed E-state index contributed by atoms with van der Waals surface area (Å²) in [5.41, 5.74) is 7.54. The minimum atomic E-state index is -0.586. The number of aryl methyl sites for hydroxylation is 3. The molecule has 0 unspecified atom stereocenters. The highest BCUT2D eigenvalue weighted by Gasteiger charge is 2.26. The fraction of sp³-hybridized carbons (Fsp3) is 0.429. The quantitative estimate of drug-likeness (QED) is 0.564. The number of primary amides is 1. The van der Waals surface area contributed by atoms with Gasteiger partial charge in [-0.3, -0.25) is 14.9 Å². The van der Waals surface area contributed by atoms with Crippen molar-refractivity contribution in [1.82, 2.24) is 14.5 Å². The predicted molar refractivity (Wildman–Crippen MR) is 112 cm³/mol. The molecule has 2 aromatic heterocycles. The van der Waals surface area contributed by atoms with Crippen LogP contribution in [0.25, 0.3) is 11.0 Å². The Morgan fingerprint density at radius 1 is 1.29 bits per heavy atom. The van der Waals surface area contributed by atoms with Crippen LogP contribution in [0.2, 0.25) is 0 Å². The third-order valence-corrected chi connectivity index (χ3v) is 5.01. The zero-order valence-corrected chi connectivity index (χ0v) is 17.7. The average Bonchev–Trinajstić information content (AvgIpc) is 3.25. The molecule has 1 fully saturated rings. The van der Waals surface area contributed by atoms with Crippen molar-refractivity contribution in [2.45, 2.75) is 46.3 Å². The molecule has 1 aliphatic rings. The molecule has 0 saturated carbocycles. The summed E-state index contributed by atoms with van der Waals surface area (Å²) in [4.78, 5) is 33.6. The van der Waals surface area contributed by atoms with Crippen LogP contribution in [0.4, 0.5) is 5.95 Å². The maximum absolute atomic E-state index is 12.9. The number of rotatable bonds is 8. The molecule has 1 aromatic carbocycles. The molecule has 0 aliphatic carbocycles. The van der Waals surface area contributed by atoms with Crippen LogP contribution >= 0.6 is 0 Å². The zero-order chi connectivity index (χ0) is 22.1. The van der Waals surface area contributed by atoms with Crippen LogP contribution in [0.5, 0.6) is 5.75 Å². The lowest BCUT2D eigenvalue weighted by molar-refractivity contribution is -0.0792. The van der Waals surface area contributed by atoms with E-state index in [1.807, 2.05) is 18.4 Å². The van der Waals surface area contributed by atoms with Gasteiger partial charge in [0.15, 0.2) is 5.89 Å². The smallest absolute Gasteiger partial charge is 0.295 e. The number of benzene rings is 1. The molecule has 0 radical (unpaired) electrons. The number of ether oxygens (including phenoxy) is 2. The number of hydrogen-bond acceptors (Lipinski definition) is 7. The number of fused-ring (bicyclic) bond motifs is 1. The fourth-order valence-corrected chi connectivity index (χ4v) is 3.51. The maximum Gasteiger partial charge on any atom is 0.295 e. The van der Waals surface area contributed by atoms with Crippen molar-refractivity contribution in [1.29, 1.82) is 0 Å². The molecule has 0 atom stereocenters. The minimum Gasteiger partial charge on any atom is -0.483 e. The molecule has 0 bridgehead atoms. The second-order valence-corrected chi connectivity index (χ2v) is 7.39. The van der Waals surface area contributed by atoms with Crippen molar-refractivity contribution in [3.8, 4) is 5.75 Å². The molecule has 3 N–H and O–H groups in total. The second kappa shape index (κ2) is 8.38. The predicted octanol–water partition coefficient (Wildman–Crippen LogP) is 2.43. The first-order valence-electron chi connectivity index (χ1n) is 10.3. The average molecular weight is 427 g/mol. The van der Waals surface area contributed by atoms with E-state index in [1.165, 1.54) is 0 Å². The fourth-order valence-electron chi connectivity index (χ4n) is 3.51. The van der Waals surface area contributed by atoms with E-state index < -0.39 is 11.8 Å². The molecule has 1 aliphatic heterocycles. The summed E-state index contributed by atoms with van der Waals surface area (Å²) < 4.78 is 18.6. The SMILES string of the molecule is CCCn1c(NC(=O)c2oc(C)nc2CC)nc2cc(C(N)=O)cc(OC3COC3)c21. The molecule has 164 valence electrons. The highest BCUT2D eigenvalue weighted by Crippen LogP contribution is 2.32. The molecule has 3 aromatic rings. The lowest BCUT2D eigenvalue weighted by Crippen LogP contribution is -2.38. The Labute approximate surface area is 178 Å². The third-order valence-electron chi connectivity index (χ3n) is 5.01. The van der Waals surface area contributed by atoms with Crippen LogP contribution in [0.3, 0.4) is 0 Å². The number of oxazole rings is 1. The van der Waals surface area contributed by atoms with Crippen molar-refractivity contribution in [3.63, 3.8) is 0 Å². The first-order valence-corrected chi connectivity index (χ1v) is 10.3. The van der Waals surface area contributed by atoms with E-state index in [9.17, 15) is 9.59 Å². The molecule has 10 heteroatoms. The van der Waals surface area contributed by atoms with Gasteiger partial charge in [-0.1, -0.05) is 13.8 Å². The molecular formula is C21H25N5O5. The van der Waals surface area contributed by atoms with Crippen LogP contribution < -0.4 is 15.8 Å². The van der Waals surface area contributed by atoms with E-state index >= 15 is 0 Å². The lowest BCUT2D eigenvalue weighted by atomic mass is 10.1. The maximum atomic E-state index is 12.9. The largest absolute Gasteiger partial charge is 0.483 e. The van der Waals surface area contributed by atoms with E-state index in [1.54, 1.807) is 19.1 Å². The Kier molecular flexibility index (Phi) is 5.64. The van der Waals surface area contributed by atoms with Gasteiger partial charge in [-0.2, -0.15) is 0 Å². The second-order valence-electron chi connectivity index (χ2n) is 7.39. The standard InChI is InChI=1S/C21H25N5O5/c1-4-6-26-17-15(7-12(19(22)27)8-16(17)31-13-9-29-10-13)24-21(26)25-20(28)18-14(5-2)23-11(3)30-18/h7-8,13H,4-6,9-10H2,1-3H3,(H2,22,27)(H,24,25,28). The van der Waals surface area contributed by atoms with Gasteiger partial charge < -0.3 is 24.2 Å². The van der Waals surface area contributed by atoms with Gasteiger partial charge in [0.2, 0.25) is 17.6 Å². The van der Waals surface area contributed by atoms with Crippen LogP contribution in [-0.2, 0) is 17.7 Å². The Bertz CT molecular complexity index is 1140. The molecule has 0 spiro atoms. The number of amides is 2. The van der Waals surface area contributed by atoms with Gasteiger partial charge in [0.25, 0.3) is 5.91 Å². The number of aromatic nitrogens is 3. The summed E-state index contributed by atoms with van der Waals surface area (Å²) in [6.07, 6.45) is 1.24. The molecule has 2 amide bonds. The summed E-state index contributed by atoms with van der Waals surface area (Å²) in [6, 6.07) is 3.21. The number of nitrogens with one attached hydrogen (secondary N) is 1. The van der Waals surface area contributed by atoms with Gasteiger partial charge >= 0.3 is 0 Å². The van der Waals surface area contributed by atoms with Gasteiger partial charge in [-0.15, -0.1) is 0 Å². The monoisotopic (exact) mass is 427 g/mol. The zero-order valence-electron chi connectivity index (χ0n) is 17.7. The Morgan fingerprint density at radius 2 is 2.06 bits per heavy atom. The number of nitrogens with zero attached hydrogens (tertiary/aromatic N) is 3. The highest BCUT2D eigenvalue weighted by atomic mass is 16.6. The third kappa shape index (κ3) is 3.98. The van der Waals surface area contributed by atoms with Crippen LogP contribution in [0.1, 0.15) is 52.8 Å². The normalized spacial score (nSPS) is 13.9. The molecule has 10 nitrogen and oxygen atoms in total. The van der Waals surface area contributed by atoms with Crippen molar-refractivity contribution in [2.24, 2.45) is 5.73 Å². The number of hydrogen-bond donors (Lipinski definition) is 2. The van der Waals surface area contributed by atoms with Crippen LogP contribution in [0, 0.1) is 6.92 Å². The van der Waals surface area contributed by atoms with E-state index in [2.05, 4.69) is 15.3 Å². The van der Waals surface area contributed by atoms with Crippen molar-refractivity contribution in [3.05, 3.63) is 35.0 Å². The van der Waals surface area contributed by atoms with Gasteiger partial charge in [0.1, 0.15) is 17.4 Å². The summed E-state index contributed by atoms with van der Waals surface area (Å²) in [5, 5.41) is 2.83. The van der Waals surface area contributed by atoms with Gasteiger partial charge in [0.05, 0.1) is 24.4 Å². The summed E-state index contributed by atoms with van der Waals surface area (Å²) in [5.74, 6) is 0.372. The molecular weight excluding hydrogens is 402 g/mol.